The van der Waals surface area contributed by atoms with Gasteiger partial charge >= 0.3 is 0 Å². The molecule has 1 amide bonds. The van der Waals surface area contributed by atoms with Crippen LogP contribution in [0.25, 0.3) is 0 Å². The molecule has 150 valence electrons. The number of nitrogens with zero attached hydrogens (tertiary/aromatic N) is 2. The first-order valence-electron chi connectivity index (χ1n) is 9.81. The second-order valence-electron chi connectivity index (χ2n) is 8.41. The standard InChI is InChI=1S/C21H27N3O4/c1-21(2,3)18-12-20(28-23-18)22-19(25)13-24-8-4-5-15(24)14-6-7-16-17(11-14)27-10-9-26-16/h6-7,11-12,15H,4-5,8-10,13H2,1-3H3,(H,22,25)/t15-/m1/s1. The van der Waals surface area contributed by atoms with Gasteiger partial charge in [-0.2, -0.15) is 0 Å². The van der Waals surface area contributed by atoms with Gasteiger partial charge in [-0.05, 0) is 37.1 Å². The molecule has 1 aromatic heterocycles. The molecule has 1 aromatic carbocycles. The summed E-state index contributed by atoms with van der Waals surface area (Å²) in [6, 6.07) is 8.06. The third kappa shape index (κ3) is 3.99. The molecule has 0 radical (unpaired) electrons. The number of rotatable bonds is 4. The zero-order chi connectivity index (χ0) is 19.7. The Morgan fingerprint density at radius 3 is 2.75 bits per heavy atom. The highest BCUT2D eigenvalue weighted by atomic mass is 16.6. The molecule has 0 aliphatic carbocycles. The number of likely N-dealkylation sites (tertiary alicyclic amines) is 1. The summed E-state index contributed by atoms with van der Waals surface area (Å²) < 4.78 is 16.6. The molecule has 28 heavy (non-hydrogen) atoms. The molecule has 1 N–H and O–H groups in total. The lowest BCUT2D eigenvalue weighted by Crippen LogP contribution is -2.33. The number of amides is 1. The van der Waals surface area contributed by atoms with E-state index in [0.717, 1.165) is 42.1 Å². The van der Waals surface area contributed by atoms with Gasteiger partial charge in [0.15, 0.2) is 11.5 Å². The van der Waals surface area contributed by atoms with Crippen molar-refractivity contribution in [2.75, 3.05) is 31.6 Å². The fraction of sp³-hybridized carbons (Fsp3) is 0.524. The monoisotopic (exact) mass is 385 g/mol. The van der Waals surface area contributed by atoms with E-state index >= 15 is 0 Å². The van der Waals surface area contributed by atoms with Crippen LogP contribution in [0.5, 0.6) is 11.5 Å². The van der Waals surface area contributed by atoms with Gasteiger partial charge in [0.05, 0.1) is 12.2 Å². The Morgan fingerprint density at radius 2 is 2.00 bits per heavy atom. The Balaban J connectivity index is 1.41. The summed E-state index contributed by atoms with van der Waals surface area (Å²) in [5.41, 5.74) is 1.85. The third-order valence-corrected chi connectivity index (χ3v) is 5.20. The van der Waals surface area contributed by atoms with Crippen molar-refractivity contribution in [3.8, 4) is 11.5 Å². The normalized spacial score (nSPS) is 19.6. The molecule has 1 saturated heterocycles. The molecular formula is C21H27N3O4. The van der Waals surface area contributed by atoms with Crippen molar-refractivity contribution in [1.29, 1.82) is 0 Å². The topological polar surface area (TPSA) is 76.8 Å². The van der Waals surface area contributed by atoms with Gasteiger partial charge in [-0.15, -0.1) is 0 Å². The summed E-state index contributed by atoms with van der Waals surface area (Å²) in [6.45, 7) is 8.51. The van der Waals surface area contributed by atoms with Crippen molar-refractivity contribution in [2.45, 2.75) is 45.1 Å². The Morgan fingerprint density at radius 1 is 1.21 bits per heavy atom. The van der Waals surface area contributed by atoms with Crippen molar-refractivity contribution < 1.29 is 18.8 Å². The summed E-state index contributed by atoms with van der Waals surface area (Å²) in [4.78, 5) is 14.7. The largest absolute Gasteiger partial charge is 0.486 e. The van der Waals surface area contributed by atoms with E-state index < -0.39 is 0 Å². The van der Waals surface area contributed by atoms with Crippen molar-refractivity contribution in [1.82, 2.24) is 10.1 Å². The van der Waals surface area contributed by atoms with Crippen LogP contribution in [0.2, 0.25) is 0 Å². The van der Waals surface area contributed by atoms with E-state index in [-0.39, 0.29) is 17.4 Å². The molecule has 0 bridgehead atoms. The van der Waals surface area contributed by atoms with Gasteiger partial charge in [-0.25, -0.2) is 0 Å². The number of hydrogen-bond donors (Lipinski definition) is 1. The molecule has 7 heteroatoms. The summed E-state index contributed by atoms with van der Waals surface area (Å²) in [5, 5.41) is 6.88. The van der Waals surface area contributed by atoms with Crippen LogP contribution < -0.4 is 14.8 Å². The molecule has 0 spiro atoms. The molecule has 0 unspecified atom stereocenters. The van der Waals surface area contributed by atoms with E-state index in [2.05, 4.69) is 42.2 Å². The lowest BCUT2D eigenvalue weighted by molar-refractivity contribution is -0.117. The molecule has 7 nitrogen and oxygen atoms in total. The van der Waals surface area contributed by atoms with Gasteiger partial charge in [-0.3, -0.25) is 15.0 Å². The van der Waals surface area contributed by atoms with Crippen molar-refractivity contribution in [3.05, 3.63) is 35.5 Å². The summed E-state index contributed by atoms with van der Waals surface area (Å²) in [5.74, 6) is 1.87. The summed E-state index contributed by atoms with van der Waals surface area (Å²) in [7, 11) is 0. The van der Waals surface area contributed by atoms with Crippen LogP contribution >= 0.6 is 0 Å². The molecule has 2 aliphatic heterocycles. The zero-order valence-corrected chi connectivity index (χ0v) is 16.7. The van der Waals surface area contributed by atoms with E-state index in [1.54, 1.807) is 6.07 Å². The molecular weight excluding hydrogens is 358 g/mol. The van der Waals surface area contributed by atoms with Gasteiger partial charge < -0.3 is 14.0 Å². The maximum Gasteiger partial charge on any atom is 0.240 e. The Labute approximate surface area is 165 Å². The van der Waals surface area contributed by atoms with Crippen LogP contribution in [0.4, 0.5) is 5.88 Å². The van der Waals surface area contributed by atoms with E-state index in [9.17, 15) is 4.79 Å². The van der Waals surface area contributed by atoms with E-state index in [0.29, 0.717) is 25.6 Å². The van der Waals surface area contributed by atoms with E-state index in [4.69, 9.17) is 14.0 Å². The number of aromatic nitrogens is 1. The number of carbonyl (C=O) groups excluding carboxylic acids is 1. The van der Waals surface area contributed by atoms with E-state index in [1.807, 2.05) is 12.1 Å². The number of nitrogens with one attached hydrogen (secondary N) is 1. The van der Waals surface area contributed by atoms with Crippen LogP contribution in [0.1, 0.15) is 50.9 Å². The number of benzene rings is 1. The van der Waals surface area contributed by atoms with Crippen LogP contribution in [0.15, 0.2) is 28.8 Å². The number of hydrogen-bond acceptors (Lipinski definition) is 6. The van der Waals surface area contributed by atoms with E-state index in [1.165, 1.54) is 0 Å². The number of anilines is 1. The fourth-order valence-electron chi connectivity index (χ4n) is 3.71. The van der Waals surface area contributed by atoms with Gasteiger partial charge in [0.2, 0.25) is 11.8 Å². The van der Waals surface area contributed by atoms with Crippen LogP contribution in [-0.4, -0.2) is 42.3 Å². The minimum Gasteiger partial charge on any atom is -0.486 e. The van der Waals surface area contributed by atoms with Gasteiger partial charge in [0.1, 0.15) is 13.2 Å². The van der Waals surface area contributed by atoms with Crippen molar-refractivity contribution in [3.63, 3.8) is 0 Å². The van der Waals surface area contributed by atoms with Gasteiger partial charge in [0.25, 0.3) is 0 Å². The number of fused-ring (bicyclic) bond motifs is 1. The van der Waals surface area contributed by atoms with Crippen LogP contribution in [-0.2, 0) is 10.2 Å². The molecule has 4 rings (SSSR count). The lowest BCUT2D eigenvalue weighted by Gasteiger charge is -2.26. The molecule has 2 aliphatic rings. The summed E-state index contributed by atoms with van der Waals surface area (Å²) in [6.07, 6.45) is 2.08. The highest BCUT2D eigenvalue weighted by molar-refractivity contribution is 5.91. The van der Waals surface area contributed by atoms with Crippen LogP contribution in [0, 0.1) is 0 Å². The van der Waals surface area contributed by atoms with Gasteiger partial charge in [0, 0.05) is 17.5 Å². The second-order valence-corrected chi connectivity index (χ2v) is 8.41. The predicted molar refractivity (Wildman–Crippen MR) is 105 cm³/mol. The Kier molecular flexibility index (Phi) is 5.02. The average molecular weight is 385 g/mol. The van der Waals surface area contributed by atoms with Gasteiger partial charge in [-0.1, -0.05) is 32.0 Å². The fourth-order valence-corrected chi connectivity index (χ4v) is 3.71. The minimum atomic E-state index is -0.120. The zero-order valence-electron chi connectivity index (χ0n) is 16.7. The first-order chi connectivity index (χ1) is 13.4. The summed E-state index contributed by atoms with van der Waals surface area (Å²) >= 11 is 0. The molecule has 1 atom stereocenters. The maximum absolute atomic E-state index is 12.6. The van der Waals surface area contributed by atoms with Crippen LogP contribution in [0.3, 0.4) is 0 Å². The SMILES string of the molecule is CC(C)(C)c1cc(NC(=O)CN2CCC[C@@H]2c2ccc3c(c2)OCCO3)on1. The smallest absolute Gasteiger partial charge is 0.240 e. The van der Waals surface area contributed by atoms with Crippen molar-refractivity contribution in [2.24, 2.45) is 0 Å². The first kappa shape index (κ1) is 18.8. The quantitative estimate of drug-likeness (QED) is 0.868. The highest BCUT2D eigenvalue weighted by Gasteiger charge is 2.29. The Bertz CT molecular complexity index is 856. The maximum atomic E-state index is 12.6. The number of carbonyl (C=O) groups is 1. The molecule has 1 fully saturated rings. The van der Waals surface area contributed by atoms with Crippen molar-refractivity contribution >= 4 is 11.8 Å². The molecule has 2 aromatic rings. The average Bonchev–Trinajstić information content (AvgIpc) is 3.30. The molecule has 0 saturated carbocycles. The lowest BCUT2D eigenvalue weighted by atomic mass is 9.92. The number of ether oxygens (including phenoxy) is 2. The highest BCUT2D eigenvalue weighted by Crippen LogP contribution is 2.38. The Hall–Kier alpha value is -2.54. The second kappa shape index (κ2) is 7.47. The third-order valence-electron chi connectivity index (χ3n) is 5.20. The minimum absolute atomic E-state index is 0.0962. The first-order valence-corrected chi connectivity index (χ1v) is 9.81. The predicted octanol–water partition coefficient (Wildman–Crippen LogP) is 3.52. The molecule has 3 heterocycles.